The van der Waals surface area contributed by atoms with E-state index in [4.69, 9.17) is 0 Å². The van der Waals surface area contributed by atoms with E-state index in [0.717, 1.165) is 18.4 Å². The van der Waals surface area contributed by atoms with Crippen LogP contribution in [0.25, 0.3) is 0 Å². The van der Waals surface area contributed by atoms with Crippen LogP contribution in [0.5, 0.6) is 0 Å². The van der Waals surface area contributed by atoms with Gasteiger partial charge in [-0.3, -0.25) is 4.79 Å². The van der Waals surface area contributed by atoms with E-state index in [1.807, 2.05) is 13.0 Å². The number of hydrogen-bond donors (Lipinski definition) is 2. The van der Waals surface area contributed by atoms with Crippen LogP contribution in [0, 0.1) is 18.7 Å². The van der Waals surface area contributed by atoms with Crippen molar-refractivity contribution in [2.24, 2.45) is 5.92 Å². The third-order valence-corrected chi connectivity index (χ3v) is 5.01. The van der Waals surface area contributed by atoms with Gasteiger partial charge in [-0.15, -0.1) is 0 Å². The normalized spacial score (nSPS) is 23.2. The number of piperidine rings is 1. The molecule has 0 bridgehead atoms. The summed E-state index contributed by atoms with van der Waals surface area (Å²) in [6.07, 6.45) is 2.76. The Bertz CT molecular complexity index is 660. The minimum Gasteiger partial charge on any atom is -0.353 e. The maximum atomic E-state index is 13.6. The Balaban J connectivity index is 1.78. The maximum absolute atomic E-state index is 13.6. The van der Waals surface area contributed by atoms with Crippen molar-refractivity contribution in [3.8, 4) is 0 Å². The van der Waals surface area contributed by atoms with Gasteiger partial charge in [0.1, 0.15) is 5.82 Å². The first-order valence-electron chi connectivity index (χ1n) is 9.07. The van der Waals surface area contributed by atoms with Crippen LogP contribution < -0.4 is 10.6 Å². The largest absolute Gasteiger partial charge is 0.353 e. The van der Waals surface area contributed by atoms with Gasteiger partial charge in [-0.2, -0.15) is 0 Å². The van der Waals surface area contributed by atoms with Gasteiger partial charge in [0, 0.05) is 31.6 Å². The number of amides is 3. The SMILES string of the molecule is CCNC(=O)N1C[C@H](C(=O)NC2CC2)C[C@H](c2ccc(F)c(C)c2)C1. The molecule has 6 heteroatoms. The minimum atomic E-state index is -0.233. The number of nitrogens with one attached hydrogen (secondary N) is 2. The topological polar surface area (TPSA) is 61.4 Å². The van der Waals surface area contributed by atoms with Gasteiger partial charge in [0.05, 0.1) is 5.92 Å². The molecule has 1 aliphatic carbocycles. The Hall–Kier alpha value is -2.11. The molecular formula is C19H26FN3O2. The molecule has 25 heavy (non-hydrogen) atoms. The van der Waals surface area contributed by atoms with Crippen LogP contribution in [0.4, 0.5) is 9.18 Å². The smallest absolute Gasteiger partial charge is 0.317 e. The average molecular weight is 347 g/mol. The Morgan fingerprint density at radius 3 is 2.68 bits per heavy atom. The van der Waals surface area contributed by atoms with Gasteiger partial charge in [-0.05, 0) is 50.3 Å². The predicted octanol–water partition coefficient (Wildman–Crippen LogP) is 2.55. The highest BCUT2D eigenvalue weighted by Gasteiger charge is 2.36. The van der Waals surface area contributed by atoms with Crippen LogP contribution in [-0.2, 0) is 4.79 Å². The molecule has 1 heterocycles. The molecule has 3 rings (SSSR count). The van der Waals surface area contributed by atoms with Gasteiger partial charge < -0.3 is 15.5 Å². The molecule has 2 N–H and O–H groups in total. The van der Waals surface area contributed by atoms with E-state index in [1.54, 1.807) is 17.9 Å². The summed E-state index contributed by atoms with van der Waals surface area (Å²) >= 11 is 0. The summed E-state index contributed by atoms with van der Waals surface area (Å²) < 4.78 is 13.6. The van der Waals surface area contributed by atoms with E-state index in [1.165, 1.54) is 6.07 Å². The molecule has 2 atom stereocenters. The molecule has 0 radical (unpaired) electrons. The van der Waals surface area contributed by atoms with Crippen LogP contribution >= 0.6 is 0 Å². The van der Waals surface area contributed by atoms with Crippen molar-refractivity contribution in [3.63, 3.8) is 0 Å². The second-order valence-electron chi connectivity index (χ2n) is 7.16. The van der Waals surface area contributed by atoms with Gasteiger partial charge in [-0.25, -0.2) is 9.18 Å². The van der Waals surface area contributed by atoms with Crippen molar-refractivity contribution in [3.05, 3.63) is 35.1 Å². The van der Waals surface area contributed by atoms with Gasteiger partial charge in [0.2, 0.25) is 5.91 Å². The summed E-state index contributed by atoms with van der Waals surface area (Å²) in [4.78, 5) is 26.6. The average Bonchev–Trinajstić information content (AvgIpc) is 3.41. The Morgan fingerprint density at radius 2 is 2.04 bits per heavy atom. The summed E-state index contributed by atoms with van der Waals surface area (Å²) in [6, 6.07) is 5.23. The number of nitrogens with zero attached hydrogens (tertiary/aromatic N) is 1. The minimum absolute atomic E-state index is 0.0281. The zero-order chi connectivity index (χ0) is 18.0. The fourth-order valence-corrected chi connectivity index (χ4v) is 3.43. The number of hydrogen-bond acceptors (Lipinski definition) is 2. The van der Waals surface area contributed by atoms with Gasteiger partial charge >= 0.3 is 6.03 Å². The van der Waals surface area contributed by atoms with Gasteiger partial charge in [0.25, 0.3) is 0 Å². The number of carbonyl (C=O) groups excluding carboxylic acids is 2. The Labute approximate surface area is 148 Å². The number of aryl methyl sites for hydroxylation is 1. The van der Waals surface area contributed by atoms with Crippen LogP contribution in [0.1, 0.15) is 43.2 Å². The van der Waals surface area contributed by atoms with Crippen molar-refractivity contribution < 1.29 is 14.0 Å². The lowest BCUT2D eigenvalue weighted by molar-refractivity contribution is -0.126. The van der Waals surface area contributed by atoms with Crippen LogP contribution in [0.3, 0.4) is 0 Å². The summed E-state index contributed by atoms with van der Waals surface area (Å²) in [5.41, 5.74) is 1.57. The van der Waals surface area contributed by atoms with Gasteiger partial charge in [0.15, 0.2) is 0 Å². The second kappa shape index (κ2) is 7.42. The highest BCUT2D eigenvalue weighted by molar-refractivity contribution is 5.81. The molecule has 2 aliphatic rings. The molecule has 0 aromatic heterocycles. The molecule has 0 spiro atoms. The molecule has 1 aliphatic heterocycles. The van der Waals surface area contributed by atoms with E-state index in [9.17, 15) is 14.0 Å². The maximum Gasteiger partial charge on any atom is 0.317 e. The summed E-state index contributed by atoms with van der Waals surface area (Å²) in [7, 11) is 0. The molecule has 3 amide bonds. The number of halogens is 1. The van der Waals surface area contributed by atoms with Crippen molar-refractivity contribution in [1.82, 2.24) is 15.5 Å². The zero-order valence-electron chi connectivity index (χ0n) is 14.8. The highest BCUT2D eigenvalue weighted by atomic mass is 19.1. The summed E-state index contributed by atoms with van der Waals surface area (Å²) in [6.45, 7) is 5.14. The second-order valence-corrected chi connectivity index (χ2v) is 7.16. The van der Waals surface area contributed by atoms with Crippen LogP contribution in [-0.4, -0.2) is 42.5 Å². The van der Waals surface area contributed by atoms with E-state index >= 15 is 0 Å². The molecule has 0 unspecified atom stereocenters. The molecular weight excluding hydrogens is 321 g/mol. The molecule has 5 nitrogen and oxygen atoms in total. The number of carbonyl (C=O) groups is 2. The monoisotopic (exact) mass is 347 g/mol. The lowest BCUT2D eigenvalue weighted by Gasteiger charge is -2.37. The van der Waals surface area contributed by atoms with Gasteiger partial charge in [-0.1, -0.05) is 12.1 Å². The van der Waals surface area contributed by atoms with Crippen molar-refractivity contribution in [2.45, 2.75) is 45.1 Å². The van der Waals surface area contributed by atoms with E-state index in [2.05, 4.69) is 10.6 Å². The molecule has 1 aromatic carbocycles. The molecule has 2 fully saturated rings. The molecule has 1 saturated carbocycles. The first-order valence-corrected chi connectivity index (χ1v) is 9.07. The fraction of sp³-hybridized carbons (Fsp3) is 0.579. The Kier molecular flexibility index (Phi) is 5.25. The number of urea groups is 1. The Morgan fingerprint density at radius 1 is 1.28 bits per heavy atom. The molecule has 136 valence electrons. The highest BCUT2D eigenvalue weighted by Crippen LogP contribution is 2.32. The van der Waals surface area contributed by atoms with Crippen molar-refractivity contribution in [2.75, 3.05) is 19.6 Å². The standard InChI is InChI=1S/C19H26FN3O2/c1-3-21-19(25)23-10-14(13-4-7-17(20)12(2)8-13)9-15(11-23)18(24)22-16-5-6-16/h4,7-8,14-16H,3,5-6,9-11H2,1-2H3,(H,21,25)(H,22,24)/t14-,15+/m0/s1. The van der Waals surface area contributed by atoms with Crippen molar-refractivity contribution in [1.29, 1.82) is 0 Å². The third-order valence-electron chi connectivity index (χ3n) is 5.01. The lowest BCUT2D eigenvalue weighted by Crippen LogP contribution is -2.51. The van der Waals surface area contributed by atoms with E-state index in [0.29, 0.717) is 37.7 Å². The summed E-state index contributed by atoms with van der Waals surface area (Å²) in [5.74, 6) is -0.401. The number of benzene rings is 1. The summed E-state index contributed by atoms with van der Waals surface area (Å²) in [5, 5.41) is 5.87. The fourth-order valence-electron chi connectivity index (χ4n) is 3.43. The van der Waals surface area contributed by atoms with E-state index < -0.39 is 0 Å². The predicted molar refractivity (Wildman–Crippen MR) is 93.8 cm³/mol. The first-order chi connectivity index (χ1) is 12.0. The lowest BCUT2D eigenvalue weighted by atomic mass is 9.83. The number of rotatable bonds is 4. The zero-order valence-corrected chi connectivity index (χ0v) is 14.8. The van der Waals surface area contributed by atoms with E-state index in [-0.39, 0.29) is 29.6 Å². The van der Waals surface area contributed by atoms with Crippen molar-refractivity contribution >= 4 is 11.9 Å². The third kappa shape index (κ3) is 4.30. The quantitative estimate of drug-likeness (QED) is 0.879. The first kappa shape index (κ1) is 17.7. The number of likely N-dealkylation sites (tertiary alicyclic amines) is 1. The molecule has 1 saturated heterocycles. The molecule has 1 aromatic rings. The van der Waals surface area contributed by atoms with Crippen LogP contribution in [0.2, 0.25) is 0 Å². The van der Waals surface area contributed by atoms with Crippen LogP contribution in [0.15, 0.2) is 18.2 Å².